The van der Waals surface area contributed by atoms with Crippen molar-refractivity contribution < 1.29 is 9.84 Å². The number of hydrogen-bond donors (Lipinski definition) is 2. The van der Waals surface area contributed by atoms with Gasteiger partial charge >= 0.3 is 0 Å². The predicted octanol–water partition coefficient (Wildman–Crippen LogP) is 2.73. The van der Waals surface area contributed by atoms with Gasteiger partial charge in [-0.05, 0) is 36.1 Å². The van der Waals surface area contributed by atoms with Crippen molar-refractivity contribution >= 4 is 0 Å². The lowest BCUT2D eigenvalue weighted by molar-refractivity contribution is 0.136. The molecule has 0 aliphatic carbocycles. The van der Waals surface area contributed by atoms with Gasteiger partial charge in [0.15, 0.2) is 0 Å². The summed E-state index contributed by atoms with van der Waals surface area (Å²) in [4.78, 5) is 0. The van der Waals surface area contributed by atoms with Gasteiger partial charge in [0.1, 0.15) is 5.75 Å². The molecule has 3 nitrogen and oxygen atoms in total. The summed E-state index contributed by atoms with van der Waals surface area (Å²) in [6, 6.07) is 18.0. The maximum absolute atomic E-state index is 10.4. The summed E-state index contributed by atoms with van der Waals surface area (Å²) >= 11 is 0. The quantitative estimate of drug-likeness (QED) is 0.822. The van der Waals surface area contributed by atoms with E-state index in [-0.39, 0.29) is 5.92 Å². The van der Waals surface area contributed by atoms with Gasteiger partial charge in [0, 0.05) is 12.5 Å². The van der Waals surface area contributed by atoms with E-state index in [4.69, 9.17) is 10.5 Å². The Labute approximate surface area is 126 Å². The third-order valence-corrected chi connectivity index (χ3v) is 3.83. The number of aryl methyl sites for hydroxylation is 1. The topological polar surface area (TPSA) is 55.5 Å². The minimum atomic E-state index is -0.441. The van der Waals surface area contributed by atoms with E-state index in [1.54, 1.807) is 7.11 Å². The molecule has 112 valence electrons. The molecule has 0 spiro atoms. The molecule has 3 heteroatoms. The molecule has 2 unspecified atom stereocenters. The highest BCUT2D eigenvalue weighted by Crippen LogP contribution is 2.24. The summed E-state index contributed by atoms with van der Waals surface area (Å²) in [6.45, 7) is 0.433. The van der Waals surface area contributed by atoms with Gasteiger partial charge in [-0.2, -0.15) is 0 Å². The van der Waals surface area contributed by atoms with E-state index in [2.05, 4.69) is 12.1 Å². The van der Waals surface area contributed by atoms with Crippen molar-refractivity contribution in [3.63, 3.8) is 0 Å². The summed E-state index contributed by atoms with van der Waals surface area (Å²) in [7, 11) is 1.64. The van der Waals surface area contributed by atoms with Crippen LogP contribution in [0.25, 0.3) is 0 Å². The van der Waals surface area contributed by atoms with Crippen molar-refractivity contribution in [2.24, 2.45) is 5.73 Å². The number of aliphatic hydroxyl groups excluding tert-OH is 1. The van der Waals surface area contributed by atoms with Crippen LogP contribution in [0.5, 0.6) is 5.75 Å². The molecule has 0 heterocycles. The Hall–Kier alpha value is -1.84. The minimum Gasteiger partial charge on any atom is -0.497 e. The first kappa shape index (κ1) is 15.5. The number of nitrogens with two attached hydrogens (primary N) is 1. The second-order valence-corrected chi connectivity index (χ2v) is 5.21. The fraction of sp³-hybridized carbons (Fsp3) is 0.333. The molecule has 3 N–H and O–H groups in total. The van der Waals surface area contributed by atoms with E-state index in [1.165, 1.54) is 5.56 Å². The molecule has 21 heavy (non-hydrogen) atoms. The molecule has 2 aromatic rings. The van der Waals surface area contributed by atoms with Crippen molar-refractivity contribution in [2.45, 2.75) is 24.9 Å². The number of methoxy groups -OCH3 is 1. The number of rotatable bonds is 7. The van der Waals surface area contributed by atoms with E-state index in [9.17, 15) is 5.11 Å². The van der Waals surface area contributed by atoms with Crippen LogP contribution in [0.1, 0.15) is 23.5 Å². The Kier molecular flexibility index (Phi) is 5.78. The molecule has 0 saturated heterocycles. The van der Waals surface area contributed by atoms with Crippen molar-refractivity contribution in [1.82, 2.24) is 0 Å². The Morgan fingerprint density at radius 3 is 2.29 bits per heavy atom. The van der Waals surface area contributed by atoms with Crippen LogP contribution >= 0.6 is 0 Å². The van der Waals surface area contributed by atoms with Gasteiger partial charge < -0.3 is 15.6 Å². The van der Waals surface area contributed by atoms with Gasteiger partial charge in [-0.15, -0.1) is 0 Å². The van der Waals surface area contributed by atoms with E-state index in [1.807, 2.05) is 42.5 Å². The first-order chi connectivity index (χ1) is 10.2. The number of benzene rings is 2. The molecular weight excluding hydrogens is 262 g/mol. The molecule has 0 aromatic heterocycles. The van der Waals surface area contributed by atoms with Crippen LogP contribution in [-0.4, -0.2) is 24.9 Å². The van der Waals surface area contributed by atoms with E-state index in [0.717, 1.165) is 17.7 Å². The van der Waals surface area contributed by atoms with Crippen molar-refractivity contribution in [2.75, 3.05) is 13.7 Å². The zero-order chi connectivity index (χ0) is 15.1. The monoisotopic (exact) mass is 285 g/mol. The van der Waals surface area contributed by atoms with Crippen LogP contribution in [0.3, 0.4) is 0 Å². The largest absolute Gasteiger partial charge is 0.497 e. The molecule has 0 amide bonds. The van der Waals surface area contributed by atoms with Crippen LogP contribution in [0.2, 0.25) is 0 Å². The third-order valence-electron chi connectivity index (χ3n) is 3.83. The molecule has 0 aliphatic rings. The van der Waals surface area contributed by atoms with E-state index in [0.29, 0.717) is 13.0 Å². The molecule has 0 bridgehead atoms. The maximum atomic E-state index is 10.4. The lowest BCUT2D eigenvalue weighted by atomic mass is 9.90. The molecule has 0 aliphatic heterocycles. The Balaban J connectivity index is 1.98. The molecule has 2 aromatic carbocycles. The van der Waals surface area contributed by atoms with Gasteiger partial charge in [0.2, 0.25) is 0 Å². The second-order valence-electron chi connectivity index (χ2n) is 5.21. The van der Waals surface area contributed by atoms with Crippen LogP contribution in [-0.2, 0) is 6.42 Å². The summed E-state index contributed by atoms with van der Waals surface area (Å²) in [5, 5.41) is 10.4. The number of hydrogen-bond acceptors (Lipinski definition) is 3. The Bertz CT molecular complexity index is 525. The number of ether oxygens (including phenoxy) is 1. The summed E-state index contributed by atoms with van der Waals surface area (Å²) in [5.41, 5.74) is 8.15. The summed E-state index contributed by atoms with van der Waals surface area (Å²) < 4.78 is 5.15. The zero-order valence-corrected chi connectivity index (χ0v) is 12.4. The van der Waals surface area contributed by atoms with Crippen molar-refractivity contribution in [3.05, 3.63) is 65.7 Å². The zero-order valence-electron chi connectivity index (χ0n) is 12.4. The average Bonchev–Trinajstić information content (AvgIpc) is 2.55. The first-order valence-corrected chi connectivity index (χ1v) is 7.30. The highest BCUT2D eigenvalue weighted by Gasteiger charge is 2.19. The normalized spacial score (nSPS) is 13.7. The maximum Gasteiger partial charge on any atom is 0.118 e. The first-order valence-electron chi connectivity index (χ1n) is 7.30. The van der Waals surface area contributed by atoms with E-state index < -0.39 is 6.10 Å². The molecular formula is C18H23NO2. The third kappa shape index (κ3) is 4.31. The SMILES string of the molecule is COc1ccc(C(CN)C(O)CCc2ccccc2)cc1. The second kappa shape index (κ2) is 7.81. The standard InChI is InChI=1S/C18H23NO2/c1-21-16-10-8-15(9-11-16)17(13-19)18(20)12-7-14-5-3-2-4-6-14/h2-6,8-11,17-18,20H,7,12-13,19H2,1H3. The van der Waals surface area contributed by atoms with Gasteiger partial charge in [-0.3, -0.25) is 0 Å². The minimum absolute atomic E-state index is 0.0420. The summed E-state index contributed by atoms with van der Waals surface area (Å²) in [5.74, 6) is 0.771. The van der Waals surface area contributed by atoms with Crippen molar-refractivity contribution in [1.29, 1.82) is 0 Å². The Morgan fingerprint density at radius 1 is 1.05 bits per heavy atom. The highest BCUT2D eigenvalue weighted by molar-refractivity contribution is 5.30. The van der Waals surface area contributed by atoms with Gasteiger partial charge in [0.25, 0.3) is 0 Å². The average molecular weight is 285 g/mol. The smallest absolute Gasteiger partial charge is 0.118 e. The number of aliphatic hydroxyl groups is 1. The van der Waals surface area contributed by atoms with Crippen molar-refractivity contribution in [3.8, 4) is 5.75 Å². The Morgan fingerprint density at radius 2 is 1.71 bits per heavy atom. The molecule has 2 rings (SSSR count). The van der Waals surface area contributed by atoms with Crippen LogP contribution < -0.4 is 10.5 Å². The van der Waals surface area contributed by atoms with Gasteiger partial charge in [0.05, 0.1) is 13.2 Å². The molecule has 0 radical (unpaired) electrons. The van der Waals surface area contributed by atoms with E-state index >= 15 is 0 Å². The van der Waals surface area contributed by atoms with Crippen LogP contribution in [0, 0.1) is 0 Å². The van der Waals surface area contributed by atoms with Crippen LogP contribution in [0.4, 0.5) is 0 Å². The fourth-order valence-electron chi connectivity index (χ4n) is 2.53. The van der Waals surface area contributed by atoms with Gasteiger partial charge in [-0.1, -0.05) is 42.5 Å². The highest BCUT2D eigenvalue weighted by atomic mass is 16.5. The predicted molar refractivity (Wildman–Crippen MR) is 85.6 cm³/mol. The van der Waals surface area contributed by atoms with Gasteiger partial charge in [-0.25, -0.2) is 0 Å². The lowest BCUT2D eigenvalue weighted by Gasteiger charge is -2.22. The fourth-order valence-corrected chi connectivity index (χ4v) is 2.53. The molecule has 0 saturated carbocycles. The van der Waals surface area contributed by atoms with Crippen LogP contribution in [0.15, 0.2) is 54.6 Å². The molecule has 2 atom stereocenters. The lowest BCUT2D eigenvalue weighted by Crippen LogP contribution is -2.26. The summed E-state index contributed by atoms with van der Waals surface area (Å²) in [6.07, 6.45) is 1.12. The molecule has 0 fully saturated rings.